The first-order valence-corrected chi connectivity index (χ1v) is 54.7. The number of nitrogens with one attached hydrogen (secondary N) is 4. The molecule has 13 aliphatic carbocycles. The lowest BCUT2D eigenvalue weighted by atomic mass is 9.82. The number of aromatic nitrogens is 4. The number of H-pyrrole nitrogens is 2. The summed E-state index contributed by atoms with van der Waals surface area (Å²) < 4.78 is 30.5. The van der Waals surface area contributed by atoms with E-state index in [1.165, 1.54) is 223 Å². The maximum Gasteiger partial charge on any atom is 0.407 e. The Labute approximate surface area is 854 Å². The molecule has 5 N–H and O–H groups in total. The summed E-state index contributed by atoms with van der Waals surface area (Å²) in [6, 6.07) is 56.5. The van der Waals surface area contributed by atoms with Crippen LogP contribution in [0, 0.1) is 41.4 Å². The van der Waals surface area contributed by atoms with Crippen LogP contribution in [-0.2, 0) is 117 Å². The maximum atomic E-state index is 14.7. The maximum absolute atomic E-state index is 14.7. The quantitative estimate of drug-likeness (QED) is 0.0311. The molecule has 0 radical (unpaired) electrons. The lowest BCUT2D eigenvalue weighted by molar-refractivity contribution is -0.154. The highest BCUT2D eigenvalue weighted by molar-refractivity contribution is 6.02. The minimum absolute atomic E-state index is 0.00784. The van der Waals surface area contributed by atoms with Gasteiger partial charge in [-0.15, -0.1) is 0 Å². The molecule has 28 rings (SSSR count). The topological polar surface area (TPSA) is 291 Å². The van der Waals surface area contributed by atoms with E-state index in [2.05, 4.69) is 176 Å². The largest absolute Gasteiger partial charge is 0.481 e. The number of carbonyl (C=O) groups is 6. The molecule has 145 heavy (non-hydrogen) atoms. The van der Waals surface area contributed by atoms with E-state index >= 15 is 0 Å². The van der Waals surface area contributed by atoms with Gasteiger partial charge in [-0.2, -0.15) is 0 Å². The Hall–Kier alpha value is -11.5. The number of nitrogens with zero attached hydrogens (tertiary/aromatic N) is 6. The Bertz CT molecular complexity index is 6460. The van der Waals surface area contributed by atoms with Crippen LogP contribution in [0.3, 0.4) is 0 Å². The molecule has 7 heterocycles. The molecule has 3 saturated heterocycles. The average molecular weight is 1960 g/mol. The summed E-state index contributed by atoms with van der Waals surface area (Å²) >= 11 is 0. The van der Waals surface area contributed by atoms with Crippen LogP contribution in [0.5, 0.6) is 0 Å². The van der Waals surface area contributed by atoms with Gasteiger partial charge in [0.05, 0.1) is 110 Å². The highest BCUT2D eigenvalue weighted by Gasteiger charge is 2.52. The third-order valence-corrected chi connectivity index (χ3v) is 35.6. The van der Waals surface area contributed by atoms with Crippen LogP contribution in [0.4, 0.5) is 16.2 Å². The zero-order valence-electron chi connectivity index (χ0n) is 86.4. The van der Waals surface area contributed by atoms with Crippen molar-refractivity contribution in [3.05, 3.63) is 213 Å². The highest BCUT2D eigenvalue weighted by Crippen LogP contribution is 2.52. The number of amides is 3. The van der Waals surface area contributed by atoms with Gasteiger partial charge >= 0.3 is 24.0 Å². The number of aliphatic imine (C=N–C) groups is 2. The molecule has 8 bridgehead atoms. The van der Waals surface area contributed by atoms with Crippen LogP contribution >= 0.6 is 0 Å². The molecule has 2 aromatic heterocycles. The van der Waals surface area contributed by atoms with Crippen molar-refractivity contribution in [1.82, 2.24) is 40.4 Å². The number of likely N-dealkylation sites (tertiary alicyclic amines) is 2. The fourth-order valence-electron chi connectivity index (χ4n) is 27.3. The number of benzene rings is 8. The molecule has 23 nitrogen and oxygen atoms in total. The molecule has 5 saturated carbocycles. The van der Waals surface area contributed by atoms with E-state index in [0.717, 1.165) is 198 Å². The van der Waals surface area contributed by atoms with Crippen molar-refractivity contribution in [2.45, 2.75) is 325 Å². The molecule has 764 valence electrons. The van der Waals surface area contributed by atoms with E-state index in [1.54, 1.807) is 28.1 Å². The molecular weight excluding hydrogens is 1810 g/mol. The van der Waals surface area contributed by atoms with Gasteiger partial charge in [0, 0.05) is 75.7 Å². The number of aryl methyl sites for hydroxylation is 8. The lowest BCUT2D eigenvalue weighted by Gasteiger charge is -2.37. The molecule has 3 amide bonds. The smallest absolute Gasteiger partial charge is 0.407 e. The third-order valence-electron chi connectivity index (χ3n) is 35.6. The van der Waals surface area contributed by atoms with E-state index in [0.29, 0.717) is 36.3 Å². The first-order chi connectivity index (χ1) is 70.6. The van der Waals surface area contributed by atoms with E-state index in [-0.39, 0.29) is 48.8 Å². The first kappa shape index (κ1) is 101. The number of hydrogen-bond donors (Lipinski definition) is 5. The number of fused-ring (bicyclic) bond motifs is 8. The van der Waals surface area contributed by atoms with E-state index in [9.17, 15) is 28.8 Å². The zero-order chi connectivity index (χ0) is 100. The van der Waals surface area contributed by atoms with Gasteiger partial charge in [0.15, 0.2) is 0 Å². The number of hydrogen-bond acceptors (Lipinski definition) is 17. The molecule has 18 aliphatic rings. The number of aromatic amines is 2. The van der Waals surface area contributed by atoms with Gasteiger partial charge < -0.3 is 63.9 Å². The predicted octanol–water partition coefficient (Wildman–Crippen LogP) is 23.2. The van der Waals surface area contributed by atoms with E-state index < -0.39 is 60.2 Å². The summed E-state index contributed by atoms with van der Waals surface area (Å²) in [6.45, 7) is 5.28. The molecule has 18 atom stereocenters. The van der Waals surface area contributed by atoms with Crippen molar-refractivity contribution in [2.75, 3.05) is 42.7 Å². The minimum Gasteiger partial charge on any atom is -0.481 e. The number of aliphatic carboxylic acids is 1. The Balaban J connectivity index is 0.000000165. The van der Waals surface area contributed by atoms with Gasteiger partial charge in [-0.05, 0) is 335 Å². The second-order valence-electron chi connectivity index (χ2n) is 44.2. The van der Waals surface area contributed by atoms with Crippen molar-refractivity contribution in [1.29, 1.82) is 0 Å². The molecule has 3 unspecified atom stereocenters. The third kappa shape index (κ3) is 22.0. The molecule has 8 fully saturated rings. The first-order valence-electron chi connectivity index (χ1n) is 54.7. The Morgan fingerprint density at radius 1 is 0.393 bits per heavy atom. The number of rotatable bonds is 22. The van der Waals surface area contributed by atoms with Crippen LogP contribution in [0.2, 0.25) is 0 Å². The summed E-state index contributed by atoms with van der Waals surface area (Å²) in [6.07, 6.45) is 37.2. The zero-order valence-corrected chi connectivity index (χ0v) is 86.4. The fraction of sp³-hybridized carbons (Fsp3) is 0.525. The van der Waals surface area contributed by atoms with Gasteiger partial charge in [-0.1, -0.05) is 173 Å². The summed E-state index contributed by atoms with van der Waals surface area (Å²) in [7, 11) is 8.46. The normalized spacial score (nSPS) is 24.8. The number of imidazole rings is 2. The number of esters is 2. The Kier molecular flexibility index (Phi) is 31.3. The SMILES string of the molecule is COC(=O)C[C@H](C(=O)N1C(C2=Nc3cc(-c4cc5ccc4CCCc4ccc(c(-c6ccc7nc([C@@H]8C[C@@H]9CCCC[C@@H]9N8C(=O)[C@@H](NC(=O)OC)[C@@H](C)OC)[nH]c7c6)c4)CCC5)ccc3C2)C[C@@H]2CCCC[C@@H]21)[C@@H](C)OC.COC(=O)C[C@H](C(=O)O)[C@@H](C)OC.c1cc2c(-c3ccc4c(c3)N=C(C3C[C@@H]5CCCC[C@@H]5N3)C4)cc1CCCc1ccc(cc1-c1ccc3nc(C4C[C@H]5CCCC[C@H]5C4)[nH]c3c1)CCC2. The second-order valence-corrected chi connectivity index (χ2v) is 44.2. The van der Waals surface area contributed by atoms with Crippen molar-refractivity contribution >= 4 is 80.7 Å². The number of carboxylic acid groups (broad SMARTS) is 1. The fourth-order valence-corrected chi connectivity index (χ4v) is 27.3. The van der Waals surface area contributed by atoms with E-state index in [1.807, 2.05) is 11.8 Å². The number of carbonyl (C=O) groups excluding carboxylic acids is 5. The molecule has 8 aromatic carbocycles. The molecule has 23 heteroatoms. The molecular formula is C122H148N10O13. The van der Waals surface area contributed by atoms with Crippen LogP contribution in [0.1, 0.15) is 273 Å². The van der Waals surface area contributed by atoms with Crippen molar-refractivity contribution in [3.8, 4) is 44.5 Å². The van der Waals surface area contributed by atoms with Gasteiger partial charge in [0.2, 0.25) is 11.8 Å². The lowest BCUT2D eigenvalue weighted by Crippen LogP contribution is -2.56. The van der Waals surface area contributed by atoms with Crippen molar-refractivity contribution in [2.24, 2.45) is 51.4 Å². The van der Waals surface area contributed by atoms with Crippen LogP contribution in [0.25, 0.3) is 66.6 Å². The minimum atomic E-state index is -1.06. The number of alkyl carbamates (subject to hydrolysis) is 1. The predicted molar refractivity (Wildman–Crippen MR) is 569 cm³/mol. The van der Waals surface area contributed by atoms with Gasteiger partial charge in [-0.25, -0.2) is 14.8 Å². The molecule has 5 aliphatic heterocycles. The average Bonchev–Trinajstić information content (AvgIpc) is 1.60. The van der Waals surface area contributed by atoms with Gasteiger partial charge in [0.1, 0.15) is 17.7 Å². The Morgan fingerprint density at radius 2 is 0.800 bits per heavy atom. The number of ether oxygens (including phenoxy) is 6. The molecule has 0 spiro atoms. The van der Waals surface area contributed by atoms with Crippen LogP contribution < -0.4 is 10.6 Å². The summed E-state index contributed by atoms with van der Waals surface area (Å²) in [4.78, 5) is 109. The summed E-state index contributed by atoms with van der Waals surface area (Å²) in [5.41, 5.74) is 32.8. The van der Waals surface area contributed by atoms with Gasteiger partial charge in [0.25, 0.3) is 0 Å². The van der Waals surface area contributed by atoms with Crippen molar-refractivity contribution in [3.63, 3.8) is 0 Å². The Morgan fingerprint density at radius 3 is 1.28 bits per heavy atom. The number of carboxylic acids is 1. The van der Waals surface area contributed by atoms with Crippen LogP contribution in [-0.4, -0.2) is 179 Å². The summed E-state index contributed by atoms with van der Waals surface area (Å²) in [5.74, 6) is 2.44. The van der Waals surface area contributed by atoms with Crippen LogP contribution in [0.15, 0.2) is 156 Å². The van der Waals surface area contributed by atoms with Crippen molar-refractivity contribution < 1.29 is 62.3 Å². The van der Waals surface area contributed by atoms with E-state index in [4.69, 9.17) is 48.7 Å². The second kappa shape index (κ2) is 45.1. The highest BCUT2D eigenvalue weighted by atomic mass is 16.5. The monoisotopic (exact) mass is 1960 g/mol. The molecule has 10 aromatic rings. The number of methoxy groups -OCH3 is 6. The van der Waals surface area contributed by atoms with Gasteiger partial charge in [-0.3, -0.25) is 34.0 Å². The standard InChI is InChI=1S/C64H78N6O8.C50H56N4.C8H14O5/c1-37(75-3)48(36-59(71)77-5)62(72)69-55-19-9-7-15-46(55)34-57(69)54-33-45-26-25-43(31-52(45)65-54)49-29-39-13-12-18-42-24-22-40(14-11-17-41(49)23-21-39)30-50(42)44-27-28-51-53(32-44)67-61(66-51)58-35-47-16-8-10-20-56(47)70(58)63(73)60(38(2)76-4)68-64(74)78-6;1-2-10-36-26-41(25-35(36)9-1)50-53-45-22-21-38(28-47(45)54-50)43-24-32-8-5-12-33-17-15-31(7-6-13-34(43)18-16-32)23-42(33)37-19-20-40-30-49(52-46(40)27-37)48-29-39-11-3-4-14-44(39)51-48;1-5(12-2)6(8(10)11)4-7(9)13-3/h21-32,37-38,46-48,55-58,60H,7-20,33-36H2,1-6H3,(H,66,67)(H,68,74);15-24,27-28,35-36,39,41,44,48,51H,1-14,25-26,29-30H2,(H,53,54);5-6H,4H2,1-3H3,(H,10,11)/t37-,38-,46+,47+,48+,55+,56+,57?,58+,60+;35-,36+,39-,41?,44-,48?;5-,6+/m101/s1. The summed E-state index contributed by atoms with van der Waals surface area (Å²) in [5, 5.41) is 15.5.